The highest BCUT2D eigenvalue weighted by molar-refractivity contribution is 7.92. The number of hydrogen-bond donors (Lipinski definition) is 1. The van der Waals surface area contributed by atoms with Crippen molar-refractivity contribution in [3.63, 3.8) is 0 Å². The molecule has 0 spiro atoms. The Morgan fingerprint density at radius 3 is 2.24 bits per heavy atom. The first kappa shape index (κ1) is 18.6. The number of hydrogen-bond acceptors (Lipinski definition) is 5. The minimum Gasteiger partial charge on any atom is -0.494 e. The molecule has 25 heavy (non-hydrogen) atoms. The van der Waals surface area contributed by atoms with Gasteiger partial charge in [-0.25, -0.2) is 26.4 Å². The summed E-state index contributed by atoms with van der Waals surface area (Å²) >= 11 is 0. The van der Waals surface area contributed by atoms with Crippen LogP contribution in [0.15, 0.2) is 35.2 Å². The van der Waals surface area contributed by atoms with Crippen LogP contribution in [0.5, 0.6) is 5.75 Å². The predicted octanol–water partition coefficient (Wildman–Crippen LogP) is 2.70. The maximum absolute atomic E-state index is 13.9. The highest BCUT2D eigenvalue weighted by Gasteiger charge is 2.25. The van der Waals surface area contributed by atoms with E-state index in [1.54, 1.807) is 0 Å². The first-order chi connectivity index (χ1) is 11.7. The van der Waals surface area contributed by atoms with Gasteiger partial charge in [0, 0.05) is 12.1 Å². The van der Waals surface area contributed by atoms with Gasteiger partial charge in [-0.05, 0) is 18.2 Å². The van der Waals surface area contributed by atoms with Crippen LogP contribution in [0.25, 0.3) is 0 Å². The Hall–Kier alpha value is -2.75. The molecule has 0 heterocycles. The summed E-state index contributed by atoms with van der Waals surface area (Å²) in [7, 11) is -2.39. The quantitative estimate of drug-likeness (QED) is 0.813. The van der Waals surface area contributed by atoms with Gasteiger partial charge in [0.15, 0.2) is 11.6 Å². The molecule has 6 nitrogen and oxygen atoms in total. The topological polar surface area (TPSA) is 81.7 Å². The lowest BCUT2D eigenvalue weighted by Crippen LogP contribution is -2.17. The molecule has 0 bridgehead atoms. The minimum atomic E-state index is -4.57. The molecule has 2 aromatic rings. The number of halogens is 3. The molecular weight excluding hydrogens is 363 g/mol. The van der Waals surface area contributed by atoms with Gasteiger partial charge in [0.25, 0.3) is 10.0 Å². The van der Waals surface area contributed by atoms with Gasteiger partial charge in [-0.3, -0.25) is 4.72 Å². The Labute approximate surface area is 141 Å². The zero-order chi connectivity index (χ0) is 18.8. The van der Waals surface area contributed by atoms with E-state index in [1.807, 2.05) is 4.72 Å². The van der Waals surface area contributed by atoms with E-state index in [4.69, 9.17) is 4.74 Å². The van der Waals surface area contributed by atoms with Crippen molar-refractivity contribution >= 4 is 21.7 Å². The third kappa shape index (κ3) is 3.85. The number of rotatable bonds is 5. The molecule has 0 aliphatic heterocycles. The molecule has 2 rings (SSSR count). The number of methoxy groups -OCH3 is 2. The van der Waals surface area contributed by atoms with Crippen molar-refractivity contribution in [1.29, 1.82) is 0 Å². The number of esters is 1. The first-order valence-corrected chi connectivity index (χ1v) is 8.11. The van der Waals surface area contributed by atoms with E-state index < -0.39 is 43.9 Å². The van der Waals surface area contributed by atoms with Gasteiger partial charge in [-0.15, -0.1) is 0 Å². The van der Waals surface area contributed by atoms with Crippen molar-refractivity contribution in [2.45, 2.75) is 4.90 Å². The van der Waals surface area contributed by atoms with Crippen molar-refractivity contribution in [2.24, 2.45) is 0 Å². The van der Waals surface area contributed by atoms with Gasteiger partial charge in [0.1, 0.15) is 16.5 Å². The van der Waals surface area contributed by atoms with Crippen molar-refractivity contribution in [3.05, 3.63) is 53.3 Å². The van der Waals surface area contributed by atoms with Gasteiger partial charge in [-0.1, -0.05) is 0 Å². The fourth-order valence-corrected chi connectivity index (χ4v) is 3.08. The fourth-order valence-electron chi connectivity index (χ4n) is 1.94. The van der Waals surface area contributed by atoms with E-state index in [0.717, 1.165) is 19.2 Å². The van der Waals surface area contributed by atoms with Crippen LogP contribution in [0.1, 0.15) is 10.4 Å². The summed E-state index contributed by atoms with van der Waals surface area (Å²) in [6, 6.07) is 3.91. The van der Waals surface area contributed by atoms with Crippen LogP contribution in [0.3, 0.4) is 0 Å². The van der Waals surface area contributed by atoms with Crippen LogP contribution < -0.4 is 9.46 Å². The number of sulfonamides is 1. The molecule has 10 heteroatoms. The SMILES string of the molecule is COC(=O)c1cc(S(=O)(=O)Nc2ccc(OC)c(F)c2)c(F)cc1F. The molecule has 0 aliphatic rings. The lowest BCUT2D eigenvalue weighted by Gasteiger charge is -2.11. The molecule has 0 fully saturated rings. The molecule has 0 saturated heterocycles. The number of benzene rings is 2. The zero-order valence-corrected chi connectivity index (χ0v) is 13.8. The van der Waals surface area contributed by atoms with Crippen LogP contribution in [0.2, 0.25) is 0 Å². The molecule has 0 amide bonds. The molecule has 0 unspecified atom stereocenters. The Bertz CT molecular complexity index is 931. The molecule has 1 N–H and O–H groups in total. The molecule has 134 valence electrons. The molecule has 0 radical (unpaired) electrons. The molecule has 0 aliphatic carbocycles. The summed E-state index contributed by atoms with van der Waals surface area (Å²) in [5, 5.41) is 0. The van der Waals surface area contributed by atoms with Crippen LogP contribution in [-0.4, -0.2) is 28.6 Å². The Morgan fingerprint density at radius 2 is 1.68 bits per heavy atom. The van der Waals surface area contributed by atoms with Crippen LogP contribution in [0.4, 0.5) is 18.9 Å². The summed E-state index contributed by atoms with van der Waals surface area (Å²) in [6.07, 6.45) is 0. The average Bonchev–Trinajstić information content (AvgIpc) is 2.53. The summed E-state index contributed by atoms with van der Waals surface area (Å²) in [5.74, 6) is -4.85. The van der Waals surface area contributed by atoms with Gasteiger partial charge < -0.3 is 9.47 Å². The number of carbonyl (C=O) groups excluding carboxylic acids is 1. The van der Waals surface area contributed by atoms with E-state index >= 15 is 0 Å². The van der Waals surface area contributed by atoms with E-state index in [-0.39, 0.29) is 17.5 Å². The lowest BCUT2D eigenvalue weighted by molar-refractivity contribution is 0.0595. The summed E-state index contributed by atoms with van der Waals surface area (Å²) < 4.78 is 76.6. The third-order valence-electron chi connectivity index (χ3n) is 3.12. The van der Waals surface area contributed by atoms with Gasteiger partial charge in [0.2, 0.25) is 0 Å². The third-order valence-corrected chi connectivity index (χ3v) is 4.52. The number of nitrogens with one attached hydrogen (secondary N) is 1. The Kier molecular flexibility index (Phi) is 5.21. The largest absolute Gasteiger partial charge is 0.494 e. The van der Waals surface area contributed by atoms with Crippen molar-refractivity contribution < 1.29 is 35.9 Å². The van der Waals surface area contributed by atoms with Crippen molar-refractivity contribution in [1.82, 2.24) is 0 Å². The van der Waals surface area contributed by atoms with Gasteiger partial charge >= 0.3 is 5.97 Å². The van der Waals surface area contributed by atoms with Crippen LogP contribution in [-0.2, 0) is 14.8 Å². The van der Waals surface area contributed by atoms with E-state index in [1.165, 1.54) is 13.2 Å². The second kappa shape index (κ2) is 7.01. The summed E-state index contributed by atoms with van der Waals surface area (Å²) in [6.45, 7) is 0. The molecular formula is C15H12F3NO5S. The van der Waals surface area contributed by atoms with Crippen molar-refractivity contribution in [2.75, 3.05) is 18.9 Å². The second-order valence-corrected chi connectivity index (χ2v) is 6.36. The average molecular weight is 375 g/mol. The number of ether oxygens (including phenoxy) is 2. The first-order valence-electron chi connectivity index (χ1n) is 6.63. The normalized spacial score (nSPS) is 11.1. The monoisotopic (exact) mass is 375 g/mol. The summed E-state index contributed by atoms with van der Waals surface area (Å²) in [4.78, 5) is 10.4. The molecule has 2 aromatic carbocycles. The Balaban J connectivity index is 2.46. The number of anilines is 1. The van der Waals surface area contributed by atoms with E-state index in [9.17, 15) is 26.4 Å². The highest BCUT2D eigenvalue weighted by Crippen LogP contribution is 2.25. The number of carbonyl (C=O) groups is 1. The van der Waals surface area contributed by atoms with E-state index in [2.05, 4.69) is 4.74 Å². The van der Waals surface area contributed by atoms with Crippen molar-refractivity contribution in [3.8, 4) is 5.75 Å². The fraction of sp³-hybridized carbons (Fsp3) is 0.133. The second-order valence-electron chi connectivity index (χ2n) is 4.71. The van der Waals surface area contributed by atoms with E-state index in [0.29, 0.717) is 6.07 Å². The standard InChI is InChI=1S/C15H12F3NO5S/c1-23-13-4-3-8(5-11(13)17)19-25(21,22)14-6-9(15(20)24-2)10(16)7-12(14)18/h3-7,19H,1-2H3. The maximum Gasteiger partial charge on any atom is 0.340 e. The predicted molar refractivity (Wildman–Crippen MR) is 81.5 cm³/mol. The lowest BCUT2D eigenvalue weighted by atomic mass is 10.2. The maximum atomic E-state index is 13.9. The van der Waals surface area contributed by atoms with Crippen LogP contribution in [0, 0.1) is 17.5 Å². The summed E-state index contributed by atoms with van der Waals surface area (Å²) in [5.41, 5.74) is -0.980. The molecule has 0 aromatic heterocycles. The molecule has 0 saturated carbocycles. The molecule has 0 atom stereocenters. The Morgan fingerprint density at radius 1 is 1.00 bits per heavy atom. The minimum absolute atomic E-state index is 0.121. The van der Waals surface area contributed by atoms with Gasteiger partial charge in [0.05, 0.1) is 25.5 Å². The van der Waals surface area contributed by atoms with Gasteiger partial charge in [-0.2, -0.15) is 0 Å². The van der Waals surface area contributed by atoms with Crippen LogP contribution >= 0.6 is 0 Å². The highest BCUT2D eigenvalue weighted by atomic mass is 32.2. The zero-order valence-electron chi connectivity index (χ0n) is 13.0. The smallest absolute Gasteiger partial charge is 0.340 e.